The third kappa shape index (κ3) is 4.51. The summed E-state index contributed by atoms with van der Waals surface area (Å²) < 4.78 is 0. The number of H-pyrrole nitrogens is 1. The zero-order valence-corrected chi connectivity index (χ0v) is 9.14. The van der Waals surface area contributed by atoms with E-state index in [1.165, 1.54) is 6.07 Å². The first-order chi connectivity index (χ1) is 7.99. The minimum absolute atomic E-state index is 0.124. The van der Waals surface area contributed by atoms with E-state index in [-0.39, 0.29) is 17.3 Å². The second-order valence-corrected chi connectivity index (χ2v) is 3.53. The molecule has 0 spiro atoms. The molecule has 0 bridgehead atoms. The number of nitrogens with zero attached hydrogens (tertiary/aromatic N) is 1. The Labute approximate surface area is 97.0 Å². The lowest BCUT2D eigenvalue weighted by atomic mass is 10.2. The first-order valence-electron chi connectivity index (χ1n) is 5.08. The number of rotatable bonds is 6. The number of nitrogen functional groups attached to an aromatic ring is 1. The minimum Gasteiger partial charge on any atom is -0.480 e. The first-order valence-corrected chi connectivity index (χ1v) is 5.08. The lowest BCUT2D eigenvalue weighted by Gasteiger charge is -2.07. The maximum absolute atomic E-state index is 11.0. The molecule has 0 amide bonds. The molecule has 8 nitrogen and oxygen atoms in total. The number of hydrogen-bond donors (Lipinski definition) is 5. The van der Waals surface area contributed by atoms with Gasteiger partial charge in [0.25, 0.3) is 5.56 Å². The predicted molar refractivity (Wildman–Crippen MR) is 62.6 cm³/mol. The van der Waals surface area contributed by atoms with Crippen LogP contribution in [-0.2, 0) is 4.79 Å². The second-order valence-electron chi connectivity index (χ2n) is 3.53. The van der Waals surface area contributed by atoms with Crippen molar-refractivity contribution in [2.24, 2.45) is 5.73 Å². The predicted octanol–water partition coefficient (Wildman–Crippen LogP) is -1.04. The van der Waals surface area contributed by atoms with E-state index in [1.807, 2.05) is 0 Å². The number of aromatic nitrogens is 2. The third-order valence-electron chi connectivity index (χ3n) is 2.06. The fraction of sp³-hybridized carbons (Fsp3) is 0.444. The maximum Gasteiger partial charge on any atom is 0.320 e. The van der Waals surface area contributed by atoms with Gasteiger partial charge >= 0.3 is 5.97 Å². The van der Waals surface area contributed by atoms with Crippen LogP contribution < -0.4 is 22.3 Å². The molecule has 1 aromatic rings. The van der Waals surface area contributed by atoms with E-state index in [0.29, 0.717) is 19.4 Å². The molecule has 0 radical (unpaired) electrons. The average molecular weight is 241 g/mol. The number of carboxylic acid groups (broad SMARTS) is 1. The summed E-state index contributed by atoms with van der Waals surface area (Å²) in [5, 5.41) is 11.4. The Kier molecular flexibility index (Phi) is 4.46. The van der Waals surface area contributed by atoms with E-state index in [2.05, 4.69) is 15.3 Å². The van der Waals surface area contributed by atoms with Gasteiger partial charge in [-0.1, -0.05) is 0 Å². The van der Waals surface area contributed by atoms with Crippen molar-refractivity contribution >= 4 is 17.7 Å². The molecule has 0 aliphatic carbocycles. The molecule has 1 unspecified atom stereocenters. The molecular weight excluding hydrogens is 226 g/mol. The summed E-state index contributed by atoms with van der Waals surface area (Å²) in [6.45, 7) is 0.452. The highest BCUT2D eigenvalue weighted by molar-refractivity contribution is 5.72. The monoisotopic (exact) mass is 241 g/mol. The number of hydrogen-bond acceptors (Lipinski definition) is 6. The number of aliphatic carboxylic acids is 1. The van der Waals surface area contributed by atoms with Crippen LogP contribution in [0.2, 0.25) is 0 Å². The van der Waals surface area contributed by atoms with Crippen LogP contribution in [0.25, 0.3) is 0 Å². The van der Waals surface area contributed by atoms with Gasteiger partial charge < -0.3 is 21.9 Å². The molecule has 0 aliphatic rings. The molecule has 1 rings (SSSR count). The molecule has 17 heavy (non-hydrogen) atoms. The SMILES string of the molecule is Nc1cc(=O)[nH]c(NCCCC(N)C(=O)O)n1. The summed E-state index contributed by atoms with van der Waals surface area (Å²) in [6, 6.07) is 0.301. The second kappa shape index (κ2) is 5.85. The van der Waals surface area contributed by atoms with E-state index in [9.17, 15) is 9.59 Å². The zero-order chi connectivity index (χ0) is 12.8. The van der Waals surface area contributed by atoms with Gasteiger partial charge in [0, 0.05) is 12.6 Å². The minimum atomic E-state index is -1.03. The van der Waals surface area contributed by atoms with Gasteiger partial charge in [-0.05, 0) is 12.8 Å². The molecule has 1 atom stereocenters. The summed E-state index contributed by atoms with van der Waals surface area (Å²) in [5.41, 5.74) is 10.4. The van der Waals surface area contributed by atoms with Crippen LogP contribution in [0.1, 0.15) is 12.8 Å². The molecule has 0 aromatic carbocycles. The van der Waals surface area contributed by atoms with Gasteiger partial charge in [0.05, 0.1) is 0 Å². The molecule has 0 saturated heterocycles. The van der Waals surface area contributed by atoms with Crippen molar-refractivity contribution in [1.29, 1.82) is 0 Å². The van der Waals surface area contributed by atoms with Gasteiger partial charge in [0.2, 0.25) is 5.95 Å². The number of nitrogens with two attached hydrogens (primary N) is 2. The van der Waals surface area contributed by atoms with Gasteiger partial charge in [0.1, 0.15) is 11.9 Å². The topological polar surface area (TPSA) is 147 Å². The molecule has 1 heterocycles. The lowest BCUT2D eigenvalue weighted by molar-refractivity contribution is -0.138. The number of carbonyl (C=O) groups is 1. The Bertz CT molecular complexity index is 445. The number of nitrogens with one attached hydrogen (secondary N) is 2. The van der Waals surface area contributed by atoms with Crippen molar-refractivity contribution in [3.8, 4) is 0 Å². The Morgan fingerprint density at radius 2 is 2.35 bits per heavy atom. The highest BCUT2D eigenvalue weighted by Gasteiger charge is 2.10. The third-order valence-corrected chi connectivity index (χ3v) is 2.06. The average Bonchev–Trinajstić information content (AvgIpc) is 2.22. The van der Waals surface area contributed by atoms with E-state index in [4.69, 9.17) is 16.6 Å². The van der Waals surface area contributed by atoms with Crippen molar-refractivity contribution in [3.63, 3.8) is 0 Å². The first kappa shape index (κ1) is 13.0. The van der Waals surface area contributed by atoms with Crippen LogP contribution in [0.5, 0.6) is 0 Å². The van der Waals surface area contributed by atoms with Crippen molar-refractivity contribution in [1.82, 2.24) is 9.97 Å². The molecule has 8 heteroatoms. The van der Waals surface area contributed by atoms with Crippen LogP contribution in [0.3, 0.4) is 0 Å². The van der Waals surface area contributed by atoms with Gasteiger partial charge in [0.15, 0.2) is 0 Å². The largest absolute Gasteiger partial charge is 0.480 e. The lowest BCUT2D eigenvalue weighted by Crippen LogP contribution is -2.30. The quantitative estimate of drug-likeness (QED) is 0.399. The summed E-state index contributed by atoms with van der Waals surface area (Å²) in [5.74, 6) is -0.641. The Morgan fingerprint density at radius 3 is 2.94 bits per heavy atom. The van der Waals surface area contributed by atoms with Crippen LogP contribution >= 0.6 is 0 Å². The highest BCUT2D eigenvalue weighted by Crippen LogP contribution is 2.00. The van der Waals surface area contributed by atoms with Crippen LogP contribution in [-0.4, -0.2) is 33.6 Å². The van der Waals surface area contributed by atoms with Crippen LogP contribution in [0.15, 0.2) is 10.9 Å². The van der Waals surface area contributed by atoms with Crippen molar-refractivity contribution in [2.45, 2.75) is 18.9 Å². The fourth-order valence-corrected chi connectivity index (χ4v) is 1.21. The highest BCUT2D eigenvalue weighted by atomic mass is 16.4. The van der Waals surface area contributed by atoms with E-state index in [0.717, 1.165) is 0 Å². The van der Waals surface area contributed by atoms with Crippen LogP contribution in [0.4, 0.5) is 11.8 Å². The zero-order valence-electron chi connectivity index (χ0n) is 9.14. The standard InChI is InChI=1S/C9H15N5O3/c10-5(8(16)17)2-1-3-12-9-13-6(11)4-7(15)14-9/h4-5H,1-3,10H2,(H,16,17)(H4,11,12,13,14,15). The smallest absolute Gasteiger partial charge is 0.320 e. The Balaban J connectivity index is 2.36. The number of aromatic amines is 1. The maximum atomic E-state index is 11.0. The summed E-state index contributed by atoms with van der Waals surface area (Å²) in [4.78, 5) is 27.8. The van der Waals surface area contributed by atoms with E-state index < -0.39 is 12.0 Å². The number of anilines is 2. The molecule has 0 saturated carbocycles. The van der Waals surface area contributed by atoms with Crippen molar-refractivity contribution in [2.75, 3.05) is 17.6 Å². The Hall–Kier alpha value is -2.09. The normalized spacial score (nSPS) is 12.1. The molecule has 0 aliphatic heterocycles. The molecule has 7 N–H and O–H groups in total. The molecule has 94 valence electrons. The van der Waals surface area contributed by atoms with Gasteiger partial charge in [-0.2, -0.15) is 4.98 Å². The molecule has 0 fully saturated rings. The summed E-state index contributed by atoms with van der Waals surface area (Å²) in [7, 11) is 0. The van der Waals surface area contributed by atoms with Gasteiger partial charge in [-0.15, -0.1) is 0 Å². The van der Waals surface area contributed by atoms with Crippen molar-refractivity contribution in [3.05, 3.63) is 16.4 Å². The van der Waals surface area contributed by atoms with Crippen LogP contribution in [0, 0.1) is 0 Å². The molecular formula is C9H15N5O3. The summed E-state index contributed by atoms with van der Waals surface area (Å²) >= 11 is 0. The number of carboxylic acids is 1. The molecule has 1 aromatic heterocycles. The van der Waals surface area contributed by atoms with E-state index in [1.54, 1.807) is 0 Å². The van der Waals surface area contributed by atoms with Gasteiger partial charge in [-0.25, -0.2) is 0 Å². The van der Waals surface area contributed by atoms with E-state index >= 15 is 0 Å². The van der Waals surface area contributed by atoms with Crippen molar-refractivity contribution < 1.29 is 9.90 Å². The van der Waals surface area contributed by atoms with Gasteiger partial charge in [-0.3, -0.25) is 14.6 Å². The fourth-order valence-electron chi connectivity index (χ4n) is 1.21. The summed E-state index contributed by atoms with van der Waals surface area (Å²) in [6.07, 6.45) is 0.890. The Morgan fingerprint density at radius 1 is 1.65 bits per heavy atom.